The molecule has 1 aliphatic carbocycles. The van der Waals surface area contributed by atoms with E-state index >= 15 is 0 Å². The first kappa shape index (κ1) is 16.2. The number of benzene rings is 1. The van der Waals surface area contributed by atoms with Crippen LogP contribution in [0.1, 0.15) is 37.0 Å². The van der Waals surface area contributed by atoms with Gasteiger partial charge in [0.05, 0.1) is 11.9 Å². The predicted molar refractivity (Wildman–Crippen MR) is 92.2 cm³/mol. The minimum Gasteiger partial charge on any atom is -0.339 e. The summed E-state index contributed by atoms with van der Waals surface area (Å²) >= 11 is 0. The zero-order valence-electron chi connectivity index (χ0n) is 14.0. The Morgan fingerprint density at radius 3 is 2.46 bits per heavy atom. The Balaban J connectivity index is 2.00. The summed E-state index contributed by atoms with van der Waals surface area (Å²) in [5, 5.41) is 7.26. The lowest BCUT2D eigenvalue weighted by Crippen LogP contribution is -2.31. The van der Waals surface area contributed by atoms with E-state index in [0.29, 0.717) is 24.5 Å². The van der Waals surface area contributed by atoms with Gasteiger partial charge in [0.2, 0.25) is 5.91 Å². The largest absolute Gasteiger partial charge is 0.339 e. The molecule has 1 saturated carbocycles. The second-order valence-corrected chi connectivity index (χ2v) is 5.90. The van der Waals surface area contributed by atoms with Gasteiger partial charge in [-0.15, -0.1) is 0 Å². The molecular formula is C18H22N4O2. The fourth-order valence-electron chi connectivity index (χ4n) is 2.64. The van der Waals surface area contributed by atoms with Gasteiger partial charge in [0.15, 0.2) is 0 Å². The molecule has 0 spiro atoms. The number of aromatic nitrogens is 2. The minimum absolute atomic E-state index is 0.0405. The molecule has 0 bridgehead atoms. The summed E-state index contributed by atoms with van der Waals surface area (Å²) in [6, 6.07) is 9.50. The van der Waals surface area contributed by atoms with Crippen LogP contribution >= 0.6 is 0 Å². The van der Waals surface area contributed by atoms with Gasteiger partial charge in [0.1, 0.15) is 11.4 Å². The van der Waals surface area contributed by atoms with Gasteiger partial charge in [-0.05, 0) is 38.8 Å². The van der Waals surface area contributed by atoms with Gasteiger partial charge >= 0.3 is 0 Å². The van der Waals surface area contributed by atoms with Gasteiger partial charge < -0.3 is 10.2 Å². The first-order chi connectivity index (χ1) is 11.7. The summed E-state index contributed by atoms with van der Waals surface area (Å²) in [6.45, 7) is 5.10. The van der Waals surface area contributed by atoms with Crippen molar-refractivity contribution in [3.63, 3.8) is 0 Å². The molecule has 3 rings (SSSR count). The van der Waals surface area contributed by atoms with Crippen LogP contribution in [0.3, 0.4) is 0 Å². The molecule has 126 valence electrons. The first-order valence-electron chi connectivity index (χ1n) is 8.39. The predicted octanol–water partition coefficient (Wildman–Crippen LogP) is 2.70. The van der Waals surface area contributed by atoms with Crippen LogP contribution in [0.25, 0.3) is 5.69 Å². The van der Waals surface area contributed by atoms with Crippen molar-refractivity contribution in [1.29, 1.82) is 0 Å². The molecule has 0 radical (unpaired) electrons. The molecule has 0 saturated heterocycles. The van der Waals surface area contributed by atoms with Crippen molar-refractivity contribution in [3.8, 4) is 5.69 Å². The molecule has 0 unspecified atom stereocenters. The highest BCUT2D eigenvalue weighted by Gasteiger charge is 2.32. The average molecular weight is 326 g/mol. The Hall–Kier alpha value is -2.63. The monoisotopic (exact) mass is 326 g/mol. The highest BCUT2D eigenvalue weighted by molar-refractivity contribution is 6.03. The number of carbonyl (C=O) groups is 2. The lowest BCUT2D eigenvalue weighted by atomic mass is 10.2. The molecule has 6 nitrogen and oxygen atoms in total. The Labute approximate surface area is 141 Å². The third-order valence-electron chi connectivity index (χ3n) is 4.24. The number of carbonyl (C=O) groups excluding carboxylic acids is 2. The van der Waals surface area contributed by atoms with Crippen molar-refractivity contribution in [2.45, 2.75) is 26.7 Å². The summed E-state index contributed by atoms with van der Waals surface area (Å²) in [7, 11) is 0. The summed E-state index contributed by atoms with van der Waals surface area (Å²) in [6.07, 6.45) is 3.35. The highest BCUT2D eigenvalue weighted by Crippen LogP contribution is 2.31. The normalized spacial score (nSPS) is 13.6. The number of rotatable bonds is 6. The molecule has 1 aromatic carbocycles. The molecular weight excluding hydrogens is 304 g/mol. The van der Waals surface area contributed by atoms with E-state index in [9.17, 15) is 9.59 Å². The van der Waals surface area contributed by atoms with Crippen molar-refractivity contribution in [2.24, 2.45) is 5.92 Å². The molecule has 1 fully saturated rings. The van der Waals surface area contributed by atoms with E-state index < -0.39 is 0 Å². The number of nitrogens with zero attached hydrogens (tertiary/aromatic N) is 3. The van der Waals surface area contributed by atoms with E-state index in [1.54, 1.807) is 9.58 Å². The molecule has 2 aromatic rings. The quantitative estimate of drug-likeness (QED) is 0.887. The van der Waals surface area contributed by atoms with Crippen molar-refractivity contribution < 1.29 is 9.59 Å². The number of anilines is 1. The Morgan fingerprint density at radius 2 is 1.88 bits per heavy atom. The van der Waals surface area contributed by atoms with E-state index in [2.05, 4.69) is 10.4 Å². The maximum Gasteiger partial charge on any atom is 0.259 e. The van der Waals surface area contributed by atoms with Crippen LogP contribution in [0.5, 0.6) is 0 Å². The fourth-order valence-corrected chi connectivity index (χ4v) is 2.64. The molecule has 6 heteroatoms. The van der Waals surface area contributed by atoms with Gasteiger partial charge in [-0.3, -0.25) is 9.59 Å². The topological polar surface area (TPSA) is 67.2 Å². The molecule has 1 heterocycles. The van der Waals surface area contributed by atoms with E-state index in [4.69, 9.17) is 0 Å². The van der Waals surface area contributed by atoms with Gasteiger partial charge in [0.25, 0.3) is 5.91 Å². The van der Waals surface area contributed by atoms with Gasteiger partial charge in [-0.1, -0.05) is 18.2 Å². The Kier molecular flexibility index (Phi) is 4.64. The third kappa shape index (κ3) is 3.18. The summed E-state index contributed by atoms with van der Waals surface area (Å²) in [4.78, 5) is 26.7. The zero-order chi connectivity index (χ0) is 17.1. The van der Waals surface area contributed by atoms with Crippen molar-refractivity contribution >= 4 is 17.6 Å². The van der Waals surface area contributed by atoms with Gasteiger partial charge in [-0.2, -0.15) is 5.10 Å². The SMILES string of the molecule is CCN(CC)C(=O)c1cnn(-c2ccccc2)c1NC(=O)C1CC1. The van der Waals surface area contributed by atoms with Crippen molar-refractivity contribution in [2.75, 3.05) is 18.4 Å². The summed E-state index contributed by atoms with van der Waals surface area (Å²) in [5.74, 6) is 0.352. The average Bonchev–Trinajstić information content (AvgIpc) is 3.38. The van der Waals surface area contributed by atoms with Crippen LogP contribution in [0.15, 0.2) is 36.5 Å². The second-order valence-electron chi connectivity index (χ2n) is 5.90. The van der Waals surface area contributed by atoms with Crippen LogP contribution in [0.4, 0.5) is 5.82 Å². The molecule has 1 aliphatic rings. The molecule has 0 atom stereocenters. The number of para-hydroxylation sites is 1. The van der Waals surface area contributed by atoms with E-state index in [1.165, 1.54) is 6.20 Å². The van der Waals surface area contributed by atoms with Gasteiger partial charge in [-0.25, -0.2) is 4.68 Å². The second kappa shape index (κ2) is 6.86. The van der Waals surface area contributed by atoms with Crippen LogP contribution in [-0.4, -0.2) is 39.6 Å². The molecule has 0 aliphatic heterocycles. The lowest BCUT2D eigenvalue weighted by Gasteiger charge is -2.19. The van der Waals surface area contributed by atoms with Crippen LogP contribution < -0.4 is 5.32 Å². The van der Waals surface area contributed by atoms with Crippen LogP contribution in [0.2, 0.25) is 0 Å². The fraction of sp³-hybridized carbons (Fsp3) is 0.389. The Bertz CT molecular complexity index is 731. The zero-order valence-corrected chi connectivity index (χ0v) is 14.0. The van der Waals surface area contributed by atoms with Crippen LogP contribution in [0, 0.1) is 5.92 Å². The van der Waals surface area contributed by atoms with Crippen molar-refractivity contribution in [3.05, 3.63) is 42.1 Å². The number of hydrogen-bond donors (Lipinski definition) is 1. The maximum absolute atomic E-state index is 12.8. The first-order valence-corrected chi connectivity index (χ1v) is 8.39. The van der Waals surface area contributed by atoms with E-state index in [0.717, 1.165) is 18.5 Å². The number of hydrogen-bond acceptors (Lipinski definition) is 3. The summed E-state index contributed by atoms with van der Waals surface area (Å²) < 4.78 is 1.62. The van der Waals surface area contributed by atoms with E-state index in [-0.39, 0.29) is 17.7 Å². The maximum atomic E-state index is 12.8. The molecule has 24 heavy (non-hydrogen) atoms. The third-order valence-corrected chi connectivity index (χ3v) is 4.24. The smallest absolute Gasteiger partial charge is 0.259 e. The standard InChI is InChI=1S/C18H22N4O2/c1-3-21(4-2)18(24)15-12-19-22(14-8-6-5-7-9-14)16(15)20-17(23)13-10-11-13/h5-9,12-13H,3-4,10-11H2,1-2H3,(H,20,23). The number of amides is 2. The Morgan fingerprint density at radius 1 is 1.21 bits per heavy atom. The van der Waals surface area contributed by atoms with Crippen LogP contribution in [-0.2, 0) is 4.79 Å². The van der Waals surface area contributed by atoms with E-state index in [1.807, 2.05) is 44.2 Å². The highest BCUT2D eigenvalue weighted by atomic mass is 16.2. The van der Waals surface area contributed by atoms with Crippen molar-refractivity contribution in [1.82, 2.24) is 14.7 Å². The lowest BCUT2D eigenvalue weighted by molar-refractivity contribution is -0.117. The molecule has 1 N–H and O–H groups in total. The molecule has 2 amide bonds. The number of nitrogens with one attached hydrogen (secondary N) is 1. The molecule has 1 aromatic heterocycles. The minimum atomic E-state index is -0.117. The van der Waals surface area contributed by atoms with Gasteiger partial charge in [0, 0.05) is 19.0 Å². The summed E-state index contributed by atoms with van der Waals surface area (Å²) in [5.41, 5.74) is 1.23.